The summed E-state index contributed by atoms with van der Waals surface area (Å²) in [7, 11) is 0. The van der Waals surface area contributed by atoms with E-state index in [9.17, 15) is 19.5 Å². The van der Waals surface area contributed by atoms with Crippen molar-refractivity contribution in [2.75, 3.05) is 6.54 Å². The second-order valence-electron chi connectivity index (χ2n) is 13.7. The van der Waals surface area contributed by atoms with Gasteiger partial charge in [0.25, 0.3) is 0 Å². The first-order valence-corrected chi connectivity index (χ1v) is 20.0. The molecule has 47 heavy (non-hydrogen) atoms. The number of aliphatic carboxylic acids is 1. The Hall–Kier alpha value is -1.89. The van der Waals surface area contributed by atoms with Gasteiger partial charge in [-0.1, -0.05) is 129 Å². The summed E-state index contributed by atoms with van der Waals surface area (Å²) in [5.74, 6) is -1.27. The molecule has 0 bridgehead atoms. The molecule has 0 aromatic rings. The number of ether oxygens (including phenoxy) is 1. The number of hydrogen-bond donors (Lipinski definition) is 3. The van der Waals surface area contributed by atoms with Crippen LogP contribution in [0.3, 0.4) is 0 Å². The fraction of sp³-hybridized carbons (Fsp3) is 0.875. The molecule has 0 saturated carbocycles. The monoisotopic (exact) mass is 665 g/mol. The van der Waals surface area contributed by atoms with Gasteiger partial charge in [-0.2, -0.15) is 0 Å². The molecule has 0 heterocycles. The number of unbranched alkanes of at least 4 members (excludes halogenated alkanes) is 20. The molecular weight excluding hydrogens is 588 g/mol. The molecule has 0 aliphatic heterocycles. The van der Waals surface area contributed by atoms with Gasteiger partial charge in [0.05, 0.1) is 0 Å². The molecule has 2 atom stereocenters. The van der Waals surface area contributed by atoms with Crippen molar-refractivity contribution in [1.29, 1.82) is 0 Å². The average Bonchev–Trinajstić information content (AvgIpc) is 3.05. The molecule has 0 saturated heterocycles. The van der Waals surface area contributed by atoms with Gasteiger partial charge in [0, 0.05) is 12.8 Å². The summed E-state index contributed by atoms with van der Waals surface area (Å²) >= 11 is 0. The lowest BCUT2D eigenvalue weighted by Crippen LogP contribution is -2.40. The first-order chi connectivity index (χ1) is 22.9. The molecule has 7 heteroatoms. The summed E-state index contributed by atoms with van der Waals surface area (Å²) in [6, 6.07) is -0.861. The third kappa shape index (κ3) is 32.4. The number of nitrogens with two attached hydrogens (primary N) is 1. The van der Waals surface area contributed by atoms with Gasteiger partial charge < -0.3 is 20.9 Å². The van der Waals surface area contributed by atoms with E-state index in [2.05, 4.69) is 31.3 Å². The standard InChI is InChI=1S/C40H76N2O5/c1-3-5-7-9-11-12-13-14-15-16-17-18-19-20-22-28-34-39(44)47-36(30-25-21-10-8-6-4-2)31-26-23-24-27-33-38(43)42-37(40(45)46)32-29-35-41/h15-16,36-37H,3-14,17-35,41H2,1-2H3,(H,42,43)(H,45,46)/b16-15-. The minimum Gasteiger partial charge on any atom is -0.480 e. The Morgan fingerprint density at radius 3 is 1.53 bits per heavy atom. The minimum atomic E-state index is -1.01. The molecule has 0 radical (unpaired) electrons. The fourth-order valence-electron chi connectivity index (χ4n) is 6.03. The Morgan fingerprint density at radius 2 is 1.04 bits per heavy atom. The van der Waals surface area contributed by atoms with Crippen LogP contribution in [0.2, 0.25) is 0 Å². The maximum atomic E-state index is 12.7. The zero-order valence-electron chi connectivity index (χ0n) is 30.9. The first kappa shape index (κ1) is 45.1. The van der Waals surface area contributed by atoms with Crippen molar-refractivity contribution >= 4 is 17.8 Å². The highest BCUT2D eigenvalue weighted by atomic mass is 16.5. The number of carboxylic acids is 1. The number of amides is 1. The number of rotatable bonds is 36. The first-order valence-electron chi connectivity index (χ1n) is 20.0. The van der Waals surface area contributed by atoms with Crippen LogP contribution in [0, 0.1) is 0 Å². The van der Waals surface area contributed by atoms with E-state index >= 15 is 0 Å². The Labute approximate surface area is 290 Å². The lowest BCUT2D eigenvalue weighted by atomic mass is 10.0. The molecule has 0 aliphatic carbocycles. The second-order valence-corrected chi connectivity index (χ2v) is 13.7. The van der Waals surface area contributed by atoms with Gasteiger partial charge in [0.1, 0.15) is 12.1 Å². The van der Waals surface area contributed by atoms with Crippen molar-refractivity contribution in [3.8, 4) is 0 Å². The van der Waals surface area contributed by atoms with E-state index in [-0.39, 0.29) is 18.0 Å². The maximum absolute atomic E-state index is 12.7. The van der Waals surface area contributed by atoms with E-state index in [1.54, 1.807) is 0 Å². The highest BCUT2D eigenvalue weighted by Gasteiger charge is 2.19. The summed E-state index contributed by atoms with van der Waals surface area (Å²) in [6.45, 7) is 4.91. The summed E-state index contributed by atoms with van der Waals surface area (Å²) in [5.41, 5.74) is 5.47. The lowest BCUT2D eigenvalue weighted by molar-refractivity contribution is -0.150. The largest absolute Gasteiger partial charge is 0.480 e. The van der Waals surface area contributed by atoms with Crippen LogP contribution in [0.1, 0.15) is 206 Å². The van der Waals surface area contributed by atoms with E-state index in [4.69, 9.17) is 10.5 Å². The quantitative estimate of drug-likeness (QED) is 0.0348. The number of hydrogen-bond acceptors (Lipinski definition) is 5. The third-order valence-corrected chi connectivity index (χ3v) is 9.08. The Bertz CT molecular complexity index is 757. The van der Waals surface area contributed by atoms with Crippen LogP contribution in [0.15, 0.2) is 12.2 Å². The summed E-state index contributed by atoms with van der Waals surface area (Å²) < 4.78 is 5.97. The van der Waals surface area contributed by atoms with Crippen LogP contribution >= 0.6 is 0 Å². The molecule has 0 rings (SSSR count). The van der Waals surface area contributed by atoms with Gasteiger partial charge in [-0.05, 0) is 83.6 Å². The van der Waals surface area contributed by atoms with E-state index in [1.807, 2.05) is 0 Å². The molecule has 0 aromatic heterocycles. The van der Waals surface area contributed by atoms with Gasteiger partial charge in [-0.25, -0.2) is 4.79 Å². The Morgan fingerprint density at radius 1 is 0.596 bits per heavy atom. The van der Waals surface area contributed by atoms with Gasteiger partial charge in [0.15, 0.2) is 0 Å². The number of allylic oxidation sites excluding steroid dienone is 2. The van der Waals surface area contributed by atoms with E-state index in [1.165, 1.54) is 109 Å². The van der Waals surface area contributed by atoms with Crippen LogP contribution in [-0.2, 0) is 19.1 Å². The molecule has 0 aromatic carbocycles. The van der Waals surface area contributed by atoms with Gasteiger partial charge in [-0.15, -0.1) is 0 Å². The van der Waals surface area contributed by atoms with Crippen molar-refractivity contribution in [3.05, 3.63) is 12.2 Å². The van der Waals surface area contributed by atoms with Crippen molar-refractivity contribution in [2.24, 2.45) is 5.73 Å². The fourth-order valence-corrected chi connectivity index (χ4v) is 6.03. The van der Waals surface area contributed by atoms with Crippen molar-refractivity contribution in [2.45, 2.75) is 219 Å². The number of esters is 1. The summed E-state index contributed by atoms with van der Waals surface area (Å²) in [6.07, 6.45) is 36.9. The predicted molar refractivity (Wildman–Crippen MR) is 197 cm³/mol. The topological polar surface area (TPSA) is 119 Å². The van der Waals surface area contributed by atoms with Gasteiger partial charge in [-0.3, -0.25) is 9.59 Å². The Kier molecular flexibility index (Phi) is 34.0. The third-order valence-electron chi connectivity index (χ3n) is 9.08. The SMILES string of the molecule is CCCCCCCCC/C=C\CCCCCCCC(=O)OC(CCCCCCCC)CCCCCCC(=O)NC(CCCN)C(=O)O. The number of nitrogens with one attached hydrogen (secondary N) is 1. The highest BCUT2D eigenvalue weighted by Crippen LogP contribution is 2.18. The number of carbonyl (C=O) groups excluding carboxylic acids is 2. The minimum absolute atomic E-state index is 0.0105. The van der Waals surface area contributed by atoms with Crippen LogP contribution in [0.4, 0.5) is 0 Å². The molecule has 0 fully saturated rings. The molecule has 1 amide bonds. The average molecular weight is 665 g/mol. The molecule has 276 valence electrons. The van der Waals surface area contributed by atoms with Crippen molar-refractivity contribution < 1.29 is 24.2 Å². The maximum Gasteiger partial charge on any atom is 0.326 e. The zero-order chi connectivity index (χ0) is 34.6. The number of carboxylic acid groups (broad SMARTS) is 1. The number of carbonyl (C=O) groups is 3. The highest BCUT2D eigenvalue weighted by molar-refractivity contribution is 5.83. The molecule has 0 aliphatic rings. The molecule has 7 nitrogen and oxygen atoms in total. The van der Waals surface area contributed by atoms with Crippen LogP contribution in [0.25, 0.3) is 0 Å². The summed E-state index contributed by atoms with van der Waals surface area (Å²) in [4.78, 5) is 36.2. The van der Waals surface area contributed by atoms with E-state index in [0.29, 0.717) is 32.2 Å². The second kappa shape index (κ2) is 35.4. The molecule has 2 unspecified atom stereocenters. The predicted octanol–water partition coefficient (Wildman–Crippen LogP) is 10.7. The summed E-state index contributed by atoms with van der Waals surface area (Å²) in [5, 5.41) is 11.9. The van der Waals surface area contributed by atoms with E-state index < -0.39 is 12.0 Å². The zero-order valence-corrected chi connectivity index (χ0v) is 30.9. The Balaban J connectivity index is 4.14. The molecule has 4 N–H and O–H groups in total. The van der Waals surface area contributed by atoms with Gasteiger partial charge in [0.2, 0.25) is 5.91 Å². The lowest BCUT2D eigenvalue weighted by Gasteiger charge is -2.18. The smallest absolute Gasteiger partial charge is 0.326 e. The van der Waals surface area contributed by atoms with Crippen LogP contribution < -0.4 is 11.1 Å². The van der Waals surface area contributed by atoms with Crippen LogP contribution in [-0.4, -0.2) is 41.6 Å². The molecular formula is C40H76N2O5. The van der Waals surface area contributed by atoms with Crippen LogP contribution in [0.5, 0.6) is 0 Å². The normalized spacial score (nSPS) is 12.7. The van der Waals surface area contributed by atoms with Gasteiger partial charge >= 0.3 is 11.9 Å². The van der Waals surface area contributed by atoms with E-state index in [0.717, 1.165) is 57.8 Å². The molecule has 0 spiro atoms. The van der Waals surface area contributed by atoms with Crippen molar-refractivity contribution in [1.82, 2.24) is 5.32 Å². The van der Waals surface area contributed by atoms with Crippen molar-refractivity contribution in [3.63, 3.8) is 0 Å².